The number of hydrogen-bond donors (Lipinski definition) is 1. The molecule has 3 aromatic rings. The normalized spacial score (nSPS) is 16.4. The molecule has 0 saturated heterocycles. The van der Waals surface area contributed by atoms with E-state index in [9.17, 15) is 8.42 Å². The molecule has 0 aliphatic carbocycles. The molecule has 14 heteroatoms. The maximum Gasteiger partial charge on any atom is 0.303 e. The Morgan fingerprint density at radius 1 is 1.22 bits per heavy atom. The summed E-state index contributed by atoms with van der Waals surface area (Å²) in [7, 11) is -0.755. The van der Waals surface area contributed by atoms with E-state index in [2.05, 4.69) is 25.2 Å². The summed E-state index contributed by atoms with van der Waals surface area (Å²) in [5.41, 5.74) is 2.61. The van der Waals surface area contributed by atoms with Crippen LogP contribution in [0.5, 0.6) is 5.75 Å². The summed E-state index contributed by atoms with van der Waals surface area (Å²) >= 11 is 6.09. The average molecular weight is 532 g/mol. The van der Waals surface area contributed by atoms with Crippen LogP contribution in [0, 0.1) is 0 Å². The molecule has 1 unspecified atom stereocenters. The molecule has 2 heterocycles. The predicted molar refractivity (Wildman–Crippen MR) is 136 cm³/mol. The highest BCUT2D eigenvalue weighted by atomic mass is 35.5. The number of hydrogen-bond acceptors (Lipinski definition) is 8. The van der Waals surface area contributed by atoms with Crippen molar-refractivity contribution in [3.8, 4) is 5.75 Å². The van der Waals surface area contributed by atoms with Gasteiger partial charge in [-0.3, -0.25) is 4.99 Å². The van der Waals surface area contributed by atoms with Crippen LogP contribution in [0.25, 0.3) is 0 Å². The van der Waals surface area contributed by atoms with Crippen molar-refractivity contribution in [2.45, 2.75) is 19.6 Å². The van der Waals surface area contributed by atoms with Gasteiger partial charge < -0.3 is 4.74 Å². The van der Waals surface area contributed by atoms with Crippen molar-refractivity contribution in [3.63, 3.8) is 0 Å². The zero-order valence-electron chi connectivity index (χ0n) is 20.0. The Hall–Kier alpha value is -3.55. The Bertz CT molecular complexity index is 1330. The van der Waals surface area contributed by atoms with Crippen molar-refractivity contribution < 1.29 is 13.2 Å². The zero-order valence-corrected chi connectivity index (χ0v) is 21.6. The van der Waals surface area contributed by atoms with E-state index in [0.717, 1.165) is 16.8 Å². The molecule has 4 rings (SSSR count). The standard InChI is InChI=1S/C22H26ClN9O3S/c1-4-30(3)36(33,34)27-22(24-2)32-13-20(21(26-32)17-5-9-18(23)10-6-17)16-7-11-19(12-8-16)35-15-31-14-25-28-29-31/h5-12,14,20H,4,13,15H2,1-3H3,(H,24,27). The number of aromatic nitrogens is 4. The maximum absolute atomic E-state index is 12.6. The van der Waals surface area contributed by atoms with Gasteiger partial charge in [-0.1, -0.05) is 42.8 Å². The lowest BCUT2D eigenvalue weighted by Crippen LogP contribution is -2.46. The fourth-order valence-electron chi connectivity index (χ4n) is 3.53. The molecule has 0 fully saturated rings. The second-order valence-corrected chi connectivity index (χ2v) is 10.1. The van der Waals surface area contributed by atoms with Gasteiger partial charge in [0.05, 0.1) is 12.3 Å². The third kappa shape index (κ3) is 5.80. The first-order valence-corrected chi connectivity index (χ1v) is 12.9. The lowest BCUT2D eigenvalue weighted by molar-refractivity contribution is 0.218. The summed E-state index contributed by atoms with van der Waals surface area (Å²) in [5, 5.41) is 17.9. The Morgan fingerprint density at radius 3 is 2.56 bits per heavy atom. The number of benzene rings is 2. The largest absolute Gasteiger partial charge is 0.471 e. The Morgan fingerprint density at radius 2 is 1.94 bits per heavy atom. The lowest BCUT2D eigenvalue weighted by Gasteiger charge is -2.22. The number of hydrazone groups is 1. The zero-order chi connectivity index (χ0) is 25.7. The number of ether oxygens (including phenoxy) is 1. The van der Waals surface area contributed by atoms with E-state index < -0.39 is 10.2 Å². The Kier molecular flexibility index (Phi) is 7.82. The number of nitrogens with zero attached hydrogens (tertiary/aromatic N) is 8. The number of halogens is 1. The summed E-state index contributed by atoms with van der Waals surface area (Å²) in [4.78, 5) is 4.16. The summed E-state index contributed by atoms with van der Waals surface area (Å²) in [6, 6.07) is 15.0. The molecule has 36 heavy (non-hydrogen) atoms. The Balaban J connectivity index is 1.59. The van der Waals surface area contributed by atoms with Gasteiger partial charge in [-0.15, -0.1) is 5.10 Å². The second kappa shape index (κ2) is 11.0. The maximum atomic E-state index is 12.6. The Labute approximate surface area is 214 Å². The molecule has 1 atom stereocenters. The highest BCUT2D eigenvalue weighted by Gasteiger charge is 2.33. The van der Waals surface area contributed by atoms with E-state index in [1.165, 1.54) is 29.4 Å². The summed E-state index contributed by atoms with van der Waals surface area (Å²) in [6.07, 6.45) is 1.47. The van der Waals surface area contributed by atoms with E-state index in [0.29, 0.717) is 23.9 Å². The summed E-state index contributed by atoms with van der Waals surface area (Å²) < 4.78 is 36.2. The minimum atomic E-state index is -3.77. The monoisotopic (exact) mass is 531 g/mol. The van der Waals surface area contributed by atoms with Gasteiger partial charge in [0.2, 0.25) is 5.96 Å². The smallest absolute Gasteiger partial charge is 0.303 e. The molecular formula is C22H26ClN9O3S. The van der Waals surface area contributed by atoms with E-state index in [1.54, 1.807) is 24.1 Å². The van der Waals surface area contributed by atoms with E-state index in [1.807, 2.05) is 36.4 Å². The van der Waals surface area contributed by atoms with Crippen molar-refractivity contribution >= 4 is 33.5 Å². The number of rotatable bonds is 8. The van der Waals surface area contributed by atoms with Gasteiger partial charge in [-0.05, 0) is 45.8 Å². The van der Waals surface area contributed by atoms with Gasteiger partial charge in [-0.25, -0.2) is 9.73 Å². The third-order valence-electron chi connectivity index (χ3n) is 5.62. The van der Waals surface area contributed by atoms with Crippen molar-refractivity contribution in [2.75, 3.05) is 27.2 Å². The summed E-state index contributed by atoms with van der Waals surface area (Å²) in [5.74, 6) is 0.621. The van der Waals surface area contributed by atoms with Gasteiger partial charge in [0.15, 0.2) is 6.73 Å². The van der Waals surface area contributed by atoms with Crippen LogP contribution in [0.2, 0.25) is 5.02 Å². The van der Waals surface area contributed by atoms with Crippen LogP contribution in [-0.2, 0) is 16.9 Å². The van der Waals surface area contributed by atoms with Gasteiger partial charge in [0.1, 0.15) is 12.1 Å². The minimum absolute atomic E-state index is 0.130. The van der Waals surface area contributed by atoms with Crippen LogP contribution in [0.1, 0.15) is 24.0 Å². The van der Waals surface area contributed by atoms with Crippen molar-refractivity contribution in [3.05, 3.63) is 71.0 Å². The quantitative estimate of drug-likeness (QED) is 0.347. The molecule has 1 aliphatic rings. The van der Waals surface area contributed by atoms with Crippen LogP contribution in [0.3, 0.4) is 0 Å². The van der Waals surface area contributed by atoms with Gasteiger partial charge >= 0.3 is 10.2 Å². The molecule has 0 bridgehead atoms. The van der Waals surface area contributed by atoms with Crippen molar-refractivity contribution in [2.24, 2.45) is 10.1 Å². The SMILES string of the molecule is CCN(C)S(=O)(=O)NC(=NC)N1CC(c2ccc(OCn3cnnn3)cc2)C(c2ccc(Cl)cc2)=N1. The molecule has 1 N–H and O–H groups in total. The van der Waals surface area contributed by atoms with Crippen LogP contribution in [0.4, 0.5) is 0 Å². The number of tetrazole rings is 1. The van der Waals surface area contributed by atoms with Crippen molar-refractivity contribution in [1.29, 1.82) is 0 Å². The third-order valence-corrected chi connectivity index (χ3v) is 7.39. The van der Waals surface area contributed by atoms with E-state index in [-0.39, 0.29) is 18.6 Å². The minimum Gasteiger partial charge on any atom is -0.471 e. The molecular weight excluding hydrogens is 506 g/mol. The van der Waals surface area contributed by atoms with Crippen LogP contribution in [-0.4, -0.2) is 76.8 Å². The second-order valence-electron chi connectivity index (χ2n) is 7.89. The average Bonchev–Trinajstić information content (AvgIpc) is 3.57. The molecule has 0 radical (unpaired) electrons. The first-order valence-electron chi connectivity index (χ1n) is 11.1. The topological polar surface area (TPSA) is 130 Å². The molecule has 0 spiro atoms. The van der Waals surface area contributed by atoms with Crippen molar-refractivity contribution in [1.82, 2.24) is 34.2 Å². The first-order chi connectivity index (χ1) is 17.3. The molecule has 190 valence electrons. The van der Waals surface area contributed by atoms with Crippen LogP contribution >= 0.6 is 11.6 Å². The number of aliphatic imine (C=N–C) groups is 1. The molecule has 2 aromatic carbocycles. The molecule has 0 amide bonds. The first kappa shape index (κ1) is 25.5. The molecule has 12 nitrogen and oxygen atoms in total. The van der Waals surface area contributed by atoms with Gasteiger partial charge in [0.25, 0.3) is 0 Å². The fraction of sp³-hybridized carbons (Fsp3) is 0.318. The number of guanidine groups is 1. The molecule has 1 aromatic heterocycles. The van der Waals surface area contributed by atoms with E-state index in [4.69, 9.17) is 21.4 Å². The lowest BCUT2D eigenvalue weighted by atomic mass is 9.90. The predicted octanol–water partition coefficient (Wildman–Crippen LogP) is 1.94. The van der Waals surface area contributed by atoms with E-state index >= 15 is 0 Å². The van der Waals surface area contributed by atoms with Gasteiger partial charge in [-0.2, -0.15) is 22.5 Å². The van der Waals surface area contributed by atoms with Crippen LogP contribution < -0.4 is 9.46 Å². The molecule has 0 saturated carbocycles. The van der Waals surface area contributed by atoms with Crippen LogP contribution in [0.15, 0.2) is 65.0 Å². The highest BCUT2D eigenvalue weighted by Crippen LogP contribution is 2.30. The fourth-order valence-corrected chi connectivity index (χ4v) is 4.58. The molecule has 1 aliphatic heterocycles. The summed E-state index contributed by atoms with van der Waals surface area (Å²) in [6.45, 7) is 2.63. The number of nitrogens with one attached hydrogen (secondary N) is 1. The van der Waals surface area contributed by atoms with Gasteiger partial charge in [0, 0.05) is 31.6 Å². The highest BCUT2D eigenvalue weighted by molar-refractivity contribution is 7.87.